The number of rotatable bonds is 5. The summed E-state index contributed by atoms with van der Waals surface area (Å²) in [6.07, 6.45) is 0.332. The molecule has 7 heteroatoms. The van der Waals surface area contributed by atoms with Crippen molar-refractivity contribution in [1.29, 1.82) is 0 Å². The standard InChI is InChI=1S/C20H26N4O2S/c1-12-17(15-9-16(25)24(15)19(26)20(2,3)4)22-23-18(12)27-11-14-7-5-13(10-21)6-8-14/h5-8,15H,9-11,21H2,1-4H3,(H,22,23). The van der Waals surface area contributed by atoms with Crippen LogP contribution < -0.4 is 5.73 Å². The SMILES string of the molecule is Cc1c(C2CC(=O)N2C(=O)C(C)(C)C)n[nH]c1SCc1ccc(CN)cc1. The average Bonchev–Trinajstić information content (AvgIpc) is 2.97. The fraction of sp³-hybridized carbons (Fsp3) is 0.450. The summed E-state index contributed by atoms with van der Waals surface area (Å²) >= 11 is 1.66. The molecule has 3 N–H and O–H groups in total. The van der Waals surface area contributed by atoms with Gasteiger partial charge in [-0.1, -0.05) is 45.0 Å². The van der Waals surface area contributed by atoms with Crippen molar-refractivity contribution in [2.45, 2.75) is 57.5 Å². The molecule has 2 aromatic rings. The Hall–Kier alpha value is -2.12. The van der Waals surface area contributed by atoms with Gasteiger partial charge in [-0.25, -0.2) is 0 Å². The van der Waals surface area contributed by atoms with E-state index < -0.39 is 5.41 Å². The van der Waals surface area contributed by atoms with Crippen LogP contribution in [0, 0.1) is 12.3 Å². The number of nitrogens with zero attached hydrogens (tertiary/aromatic N) is 2. The van der Waals surface area contributed by atoms with Crippen LogP contribution in [0.4, 0.5) is 0 Å². The summed E-state index contributed by atoms with van der Waals surface area (Å²) < 4.78 is 0. The van der Waals surface area contributed by atoms with Crippen LogP contribution in [0.2, 0.25) is 0 Å². The van der Waals surface area contributed by atoms with Crippen LogP contribution >= 0.6 is 11.8 Å². The Balaban J connectivity index is 1.71. The second-order valence-electron chi connectivity index (χ2n) is 7.91. The topological polar surface area (TPSA) is 92.1 Å². The van der Waals surface area contributed by atoms with Crippen molar-refractivity contribution in [2.75, 3.05) is 0 Å². The number of nitrogens with two attached hydrogens (primary N) is 1. The lowest BCUT2D eigenvalue weighted by Crippen LogP contribution is -2.54. The minimum atomic E-state index is -0.591. The molecule has 0 radical (unpaired) electrons. The fourth-order valence-corrected chi connectivity index (χ4v) is 3.97. The summed E-state index contributed by atoms with van der Waals surface area (Å²) in [7, 11) is 0. The predicted octanol–water partition coefficient (Wildman–Crippen LogP) is 3.32. The molecular formula is C20H26N4O2S. The number of β-lactam (4-membered cyclic amide) rings is 1. The lowest BCUT2D eigenvalue weighted by Gasteiger charge is -2.41. The van der Waals surface area contributed by atoms with Gasteiger partial charge in [0.1, 0.15) is 0 Å². The Labute approximate surface area is 163 Å². The molecule has 1 aliphatic heterocycles. The van der Waals surface area contributed by atoms with E-state index in [0.29, 0.717) is 13.0 Å². The van der Waals surface area contributed by atoms with Gasteiger partial charge in [-0.2, -0.15) is 5.10 Å². The van der Waals surface area contributed by atoms with Gasteiger partial charge in [0, 0.05) is 23.3 Å². The number of thioether (sulfide) groups is 1. The van der Waals surface area contributed by atoms with Crippen LogP contribution in [-0.4, -0.2) is 26.9 Å². The number of carbonyl (C=O) groups is 2. The van der Waals surface area contributed by atoms with E-state index in [1.165, 1.54) is 10.5 Å². The first kappa shape index (κ1) is 19.6. The van der Waals surface area contributed by atoms with Crippen molar-refractivity contribution >= 4 is 23.6 Å². The number of amides is 2. The van der Waals surface area contributed by atoms with Crippen molar-refractivity contribution in [3.8, 4) is 0 Å². The molecule has 1 aliphatic rings. The van der Waals surface area contributed by atoms with Gasteiger partial charge in [0.2, 0.25) is 11.8 Å². The highest BCUT2D eigenvalue weighted by molar-refractivity contribution is 7.98. The van der Waals surface area contributed by atoms with E-state index in [1.54, 1.807) is 11.8 Å². The molecule has 0 aliphatic carbocycles. The van der Waals surface area contributed by atoms with E-state index in [0.717, 1.165) is 27.6 Å². The molecule has 3 rings (SSSR count). The molecule has 1 aromatic carbocycles. The number of carbonyl (C=O) groups excluding carboxylic acids is 2. The molecule has 27 heavy (non-hydrogen) atoms. The number of likely N-dealkylation sites (tertiary alicyclic amines) is 1. The molecule has 1 aromatic heterocycles. The maximum absolute atomic E-state index is 12.6. The van der Waals surface area contributed by atoms with Crippen molar-refractivity contribution < 1.29 is 9.59 Å². The molecule has 1 unspecified atom stereocenters. The van der Waals surface area contributed by atoms with Crippen LogP contribution in [0.15, 0.2) is 29.3 Å². The van der Waals surface area contributed by atoms with Crippen molar-refractivity contribution in [2.24, 2.45) is 11.1 Å². The van der Waals surface area contributed by atoms with E-state index in [-0.39, 0.29) is 17.9 Å². The fourth-order valence-electron chi connectivity index (χ4n) is 3.04. The molecule has 0 saturated carbocycles. The van der Waals surface area contributed by atoms with E-state index in [2.05, 4.69) is 22.3 Å². The Bertz CT molecular complexity index is 852. The zero-order chi connectivity index (χ0) is 19.8. The highest BCUT2D eigenvalue weighted by atomic mass is 32.2. The Morgan fingerprint density at radius 1 is 1.30 bits per heavy atom. The summed E-state index contributed by atoms with van der Waals surface area (Å²) in [5.74, 6) is 0.526. The molecule has 1 saturated heterocycles. The van der Waals surface area contributed by atoms with Gasteiger partial charge in [0.05, 0.1) is 23.2 Å². The van der Waals surface area contributed by atoms with Crippen molar-refractivity contribution in [3.05, 3.63) is 46.6 Å². The Morgan fingerprint density at radius 2 is 1.93 bits per heavy atom. The monoisotopic (exact) mass is 386 g/mol. The Kier molecular flexibility index (Phi) is 5.44. The maximum atomic E-state index is 12.6. The maximum Gasteiger partial charge on any atom is 0.235 e. The smallest absolute Gasteiger partial charge is 0.235 e. The zero-order valence-electron chi connectivity index (χ0n) is 16.2. The van der Waals surface area contributed by atoms with Gasteiger partial charge in [-0.3, -0.25) is 19.6 Å². The van der Waals surface area contributed by atoms with Crippen LogP contribution in [0.25, 0.3) is 0 Å². The van der Waals surface area contributed by atoms with Gasteiger partial charge in [-0.05, 0) is 18.1 Å². The highest BCUT2D eigenvalue weighted by Crippen LogP contribution is 2.40. The normalized spacial score (nSPS) is 17.1. The largest absolute Gasteiger partial charge is 0.326 e. The molecular weight excluding hydrogens is 360 g/mol. The summed E-state index contributed by atoms with van der Waals surface area (Å²) in [5.41, 5.74) is 9.15. The molecule has 144 valence electrons. The number of hydrogen-bond donors (Lipinski definition) is 2. The zero-order valence-corrected chi connectivity index (χ0v) is 17.0. The molecule has 6 nitrogen and oxygen atoms in total. The lowest BCUT2D eigenvalue weighted by atomic mass is 9.88. The summed E-state index contributed by atoms with van der Waals surface area (Å²) in [5, 5.41) is 8.46. The first-order chi connectivity index (χ1) is 12.7. The van der Waals surface area contributed by atoms with Gasteiger partial charge < -0.3 is 5.73 Å². The summed E-state index contributed by atoms with van der Waals surface area (Å²) in [4.78, 5) is 26.0. The number of imide groups is 1. The summed E-state index contributed by atoms with van der Waals surface area (Å²) in [6.45, 7) is 8.01. The number of hydrogen-bond acceptors (Lipinski definition) is 5. The third kappa shape index (κ3) is 3.94. The molecule has 0 spiro atoms. The first-order valence-corrected chi connectivity index (χ1v) is 10.0. The van der Waals surface area contributed by atoms with Crippen LogP contribution in [0.5, 0.6) is 0 Å². The van der Waals surface area contributed by atoms with Gasteiger partial charge in [0.25, 0.3) is 0 Å². The Morgan fingerprint density at radius 3 is 2.48 bits per heavy atom. The van der Waals surface area contributed by atoms with Crippen molar-refractivity contribution in [1.82, 2.24) is 15.1 Å². The van der Waals surface area contributed by atoms with E-state index in [9.17, 15) is 9.59 Å². The van der Waals surface area contributed by atoms with Crippen LogP contribution in [0.3, 0.4) is 0 Å². The third-order valence-electron chi connectivity index (χ3n) is 4.77. The molecule has 2 amide bonds. The molecule has 0 bridgehead atoms. The molecule has 1 fully saturated rings. The number of aromatic amines is 1. The molecule has 1 atom stereocenters. The predicted molar refractivity (Wildman–Crippen MR) is 106 cm³/mol. The van der Waals surface area contributed by atoms with E-state index >= 15 is 0 Å². The van der Waals surface area contributed by atoms with E-state index in [1.807, 2.05) is 39.8 Å². The van der Waals surface area contributed by atoms with Gasteiger partial charge >= 0.3 is 0 Å². The highest BCUT2D eigenvalue weighted by Gasteiger charge is 2.46. The van der Waals surface area contributed by atoms with Crippen LogP contribution in [0.1, 0.15) is 55.6 Å². The van der Waals surface area contributed by atoms with E-state index in [4.69, 9.17) is 5.73 Å². The van der Waals surface area contributed by atoms with Gasteiger partial charge in [-0.15, -0.1) is 11.8 Å². The van der Waals surface area contributed by atoms with Crippen molar-refractivity contribution in [3.63, 3.8) is 0 Å². The van der Waals surface area contributed by atoms with Crippen LogP contribution in [-0.2, 0) is 21.9 Å². The second-order valence-corrected chi connectivity index (χ2v) is 8.90. The number of nitrogens with one attached hydrogen (secondary N) is 1. The minimum Gasteiger partial charge on any atom is -0.326 e. The molecule has 2 heterocycles. The number of aromatic nitrogens is 2. The van der Waals surface area contributed by atoms with Gasteiger partial charge in [0.15, 0.2) is 0 Å². The number of H-pyrrole nitrogens is 1. The first-order valence-electron chi connectivity index (χ1n) is 9.04. The lowest BCUT2D eigenvalue weighted by molar-refractivity contribution is -0.163. The minimum absolute atomic E-state index is 0.128. The number of benzene rings is 1. The quantitative estimate of drug-likeness (QED) is 0.607. The average molecular weight is 387 g/mol. The second kappa shape index (κ2) is 7.48. The summed E-state index contributed by atoms with van der Waals surface area (Å²) in [6, 6.07) is 7.97. The third-order valence-corrected chi connectivity index (χ3v) is 5.93.